The number of thiophene rings is 1. The van der Waals surface area contributed by atoms with Crippen LogP contribution >= 0.6 is 23.1 Å². The highest BCUT2D eigenvalue weighted by atomic mass is 32.2. The van der Waals surface area contributed by atoms with E-state index in [0.717, 1.165) is 16.9 Å². The van der Waals surface area contributed by atoms with E-state index in [9.17, 15) is 18.3 Å². The highest BCUT2D eigenvalue weighted by Crippen LogP contribution is 2.38. The van der Waals surface area contributed by atoms with Gasteiger partial charge in [0.15, 0.2) is 0 Å². The summed E-state index contributed by atoms with van der Waals surface area (Å²) in [5.41, 5.74) is 7.37. The van der Waals surface area contributed by atoms with Crippen molar-refractivity contribution in [1.82, 2.24) is 0 Å². The van der Waals surface area contributed by atoms with Crippen LogP contribution in [0.2, 0.25) is 0 Å². The van der Waals surface area contributed by atoms with Crippen LogP contribution in [0.25, 0.3) is 11.1 Å². The maximum atomic E-state index is 13.3. The number of hydrogen-bond donors (Lipinski definition) is 3. The van der Waals surface area contributed by atoms with Crippen molar-refractivity contribution in [3.8, 4) is 11.1 Å². The van der Waals surface area contributed by atoms with Crippen LogP contribution in [0.15, 0.2) is 62.5 Å². The van der Waals surface area contributed by atoms with E-state index < -0.39 is 15.8 Å². The fourth-order valence-electron chi connectivity index (χ4n) is 2.99. The average Bonchev–Trinajstić information content (AvgIpc) is 3.13. The van der Waals surface area contributed by atoms with Crippen molar-refractivity contribution in [3.05, 3.63) is 64.5 Å². The maximum absolute atomic E-state index is 13.3. The standard InChI is InChI=1S/C20H18N2O4S3/c1-11-5-3-8-14(19(23)24)17(11)12-6-4-7-13(9-12)29(25,26)16-10-15(18(21)22)28-20(16)27-2/h3-10H,1-2H3,(H3,21,22)(H,23,24). The van der Waals surface area contributed by atoms with Crippen LogP contribution in [0.1, 0.15) is 20.8 Å². The summed E-state index contributed by atoms with van der Waals surface area (Å²) in [6, 6.07) is 12.6. The van der Waals surface area contributed by atoms with Gasteiger partial charge < -0.3 is 10.8 Å². The van der Waals surface area contributed by atoms with Gasteiger partial charge in [-0.25, -0.2) is 13.2 Å². The SMILES string of the molecule is CSc1sc(C(=N)N)cc1S(=O)(=O)c1cccc(-c2c(C)cccc2C(=O)O)c1. The number of carboxylic acid groups (broad SMARTS) is 1. The van der Waals surface area contributed by atoms with Gasteiger partial charge >= 0.3 is 5.97 Å². The number of carboxylic acids is 1. The minimum Gasteiger partial charge on any atom is -0.478 e. The number of benzene rings is 2. The van der Waals surface area contributed by atoms with Crippen molar-refractivity contribution < 1.29 is 18.3 Å². The van der Waals surface area contributed by atoms with Gasteiger partial charge in [-0.1, -0.05) is 24.3 Å². The second-order valence-electron chi connectivity index (χ2n) is 6.21. The molecule has 0 aliphatic rings. The molecule has 1 aromatic heterocycles. The number of thioether (sulfide) groups is 1. The second-order valence-corrected chi connectivity index (χ2v) is 10.3. The highest BCUT2D eigenvalue weighted by molar-refractivity contribution is 8.01. The van der Waals surface area contributed by atoms with Crippen molar-refractivity contribution in [2.45, 2.75) is 20.9 Å². The van der Waals surface area contributed by atoms with Crippen LogP contribution < -0.4 is 5.73 Å². The number of amidine groups is 1. The second kappa shape index (κ2) is 8.02. The fraction of sp³-hybridized carbons (Fsp3) is 0.100. The summed E-state index contributed by atoms with van der Waals surface area (Å²) in [7, 11) is -3.88. The van der Waals surface area contributed by atoms with Crippen molar-refractivity contribution in [2.75, 3.05) is 6.26 Å². The summed E-state index contributed by atoms with van der Waals surface area (Å²) in [6.07, 6.45) is 1.76. The lowest BCUT2D eigenvalue weighted by atomic mass is 9.95. The fourth-order valence-corrected chi connectivity index (χ4v) is 6.90. The molecule has 29 heavy (non-hydrogen) atoms. The van der Waals surface area contributed by atoms with E-state index in [1.807, 2.05) is 0 Å². The van der Waals surface area contributed by atoms with Crippen molar-refractivity contribution >= 4 is 44.7 Å². The Labute approximate surface area is 176 Å². The molecule has 0 bridgehead atoms. The van der Waals surface area contributed by atoms with Crippen LogP contribution in [0.5, 0.6) is 0 Å². The molecule has 0 amide bonds. The predicted octanol–water partition coefficient (Wildman–Crippen LogP) is 4.26. The van der Waals surface area contributed by atoms with Gasteiger partial charge in [-0.3, -0.25) is 5.41 Å². The molecule has 0 unspecified atom stereocenters. The van der Waals surface area contributed by atoms with Gasteiger partial charge in [-0.15, -0.1) is 23.1 Å². The number of sulfone groups is 1. The topological polar surface area (TPSA) is 121 Å². The van der Waals surface area contributed by atoms with Crippen molar-refractivity contribution in [2.24, 2.45) is 5.73 Å². The van der Waals surface area contributed by atoms with Crippen LogP contribution in [-0.2, 0) is 9.84 Å². The number of hydrogen-bond acceptors (Lipinski definition) is 6. The minimum atomic E-state index is -3.88. The van der Waals surface area contributed by atoms with E-state index >= 15 is 0 Å². The zero-order valence-corrected chi connectivity index (χ0v) is 18.0. The maximum Gasteiger partial charge on any atom is 0.336 e. The van der Waals surface area contributed by atoms with Crippen LogP contribution in [-0.4, -0.2) is 31.6 Å². The summed E-state index contributed by atoms with van der Waals surface area (Å²) in [5.74, 6) is -1.27. The normalized spacial score (nSPS) is 11.4. The summed E-state index contributed by atoms with van der Waals surface area (Å²) < 4.78 is 27.1. The van der Waals surface area contributed by atoms with Gasteiger partial charge in [-0.05, 0) is 54.1 Å². The van der Waals surface area contributed by atoms with Gasteiger partial charge in [-0.2, -0.15) is 0 Å². The number of aryl methyl sites for hydroxylation is 1. The van der Waals surface area contributed by atoms with Gasteiger partial charge in [0.2, 0.25) is 9.84 Å². The molecule has 3 aromatic rings. The summed E-state index contributed by atoms with van der Waals surface area (Å²) in [6.45, 7) is 1.78. The Kier molecular flexibility index (Phi) is 5.83. The minimum absolute atomic E-state index is 0.0535. The van der Waals surface area contributed by atoms with Gasteiger partial charge in [0, 0.05) is 0 Å². The molecule has 0 radical (unpaired) electrons. The number of nitrogens with one attached hydrogen (secondary N) is 1. The van der Waals surface area contributed by atoms with Gasteiger partial charge in [0.05, 0.1) is 24.4 Å². The largest absolute Gasteiger partial charge is 0.478 e. The third-order valence-corrected chi connectivity index (χ3v) is 8.68. The number of aromatic carboxylic acids is 1. The molecule has 0 aliphatic carbocycles. The Morgan fingerprint density at radius 2 is 1.86 bits per heavy atom. The van der Waals surface area contributed by atoms with Gasteiger partial charge in [0.1, 0.15) is 5.84 Å². The Morgan fingerprint density at radius 1 is 1.17 bits per heavy atom. The van der Waals surface area contributed by atoms with E-state index in [2.05, 4.69) is 0 Å². The van der Waals surface area contributed by atoms with E-state index in [-0.39, 0.29) is 21.2 Å². The molecule has 6 nitrogen and oxygen atoms in total. The molecule has 0 spiro atoms. The molecule has 4 N–H and O–H groups in total. The zero-order chi connectivity index (χ0) is 21.3. The molecule has 0 fully saturated rings. The predicted molar refractivity (Wildman–Crippen MR) is 116 cm³/mol. The lowest BCUT2D eigenvalue weighted by Crippen LogP contribution is -2.09. The Morgan fingerprint density at radius 3 is 2.48 bits per heavy atom. The number of nitrogen functional groups attached to an aromatic ring is 1. The molecule has 0 aliphatic heterocycles. The van der Waals surface area contributed by atoms with Crippen molar-refractivity contribution in [3.63, 3.8) is 0 Å². The van der Waals surface area contributed by atoms with Crippen LogP contribution in [0.3, 0.4) is 0 Å². The molecule has 0 atom stereocenters. The quantitative estimate of drug-likeness (QED) is 0.295. The number of rotatable bonds is 6. The first kappa shape index (κ1) is 21.1. The van der Waals surface area contributed by atoms with E-state index in [1.54, 1.807) is 37.4 Å². The Balaban J connectivity index is 2.19. The van der Waals surface area contributed by atoms with E-state index in [1.165, 1.54) is 36.0 Å². The summed E-state index contributed by atoms with van der Waals surface area (Å²) in [4.78, 5) is 12.2. The molecule has 2 aromatic carbocycles. The summed E-state index contributed by atoms with van der Waals surface area (Å²) >= 11 is 2.43. The first-order valence-corrected chi connectivity index (χ1v) is 11.9. The van der Waals surface area contributed by atoms with E-state index in [0.29, 0.717) is 20.2 Å². The van der Waals surface area contributed by atoms with E-state index in [4.69, 9.17) is 11.1 Å². The smallest absolute Gasteiger partial charge is 0.336 e. The molecule has 3 rings (SSSR count). The Bertz CT molecular complexity index is 1230. The number of carbonyl (C=O) groups is 1. The lowest BCUT2D eigenvalue weighted by molar-refractivity contribution is 0.0697. The molecule has 150 valence electrons. The third kappa shape index (κ3) is 3.93. The third-order valence-electron chi connectivity index (χ3n) is 4.34. The first-order chi connectivity index (χ1) is 13.7. The lowest BCUT2D eigenvalue weighted by Gasteiger charge is -2.12. The monoisotopic (exact) mass is 446 g/mol. The summed E-state index contributed by atoms with van der Waals surface area (Å²) in [5, 5.41) is 17.1. The Hall–Kier alpha value is -2.62. The number of nitrogens with two attached hydrogens (primary N) is 1. The molecule has 1 heterocycles. The zero-order valence-electron chi connectivity index (χ0n) is 15.6. The molecule has 0 saturated heterocycles. The van der Waals surface area contributed by atoms with Gasteiger partial charge in [0.25, 0.3) is 0 Å². The van der Waals surface area contributed by atoms with Crippen molar-refractivity contribution in [1.29, 1.82) is 5.41 Å². The first-order valence-electron chi connectivity index (χ1n) is 8.37. The average molecular weight is 447 g/mol. The highest BCUT2D eigenvalue weighted by Gasteiger charge is 2.26. The van der Waals surface area contributed by atoms with Crippen LogP contribution in [0, 0.1) is 12.3 Å². The molecule has 9 heteroatoms. The molecular weight excluding hydrogens is 428 g/mol. The molecular formula is C20H18N2O4S3. The van der Waals surface area contributed by atoms with Crippen LogP contribution in [0.4, 0.5) is 0 Å². The molecule has 0 saturated carbocycles.